The molecule has 0 saturated carbocycles. The van der Waals surface area contributed by atoms with Crippen molar-refractivity contribution < 1.29 is 21.6 Å². The number of nitrogens with two attached hydrogens (primary N) is 1. The van der Waals surface area contributed by atoms with Gasteiger partial charge < -0.3 is 0 Å². The van der Waals surface area contributed by atoms with Crippen molar-refractivity contribution in [3.8, 4) is 0 Å². The van der Waals surface area contributed by atoms with Gasteiger partial charge in [-0.1, -0.05) is 0 Å². The zero-order valence-corrected chi connectivity index (χ0v) is 10.8. The van der Waals surface area contributed by atoms with Crippen molar-refractivity contribution in [1.29, 1.82) is 0 Å². The van der Waals surface area contributed by atoms with E-state index in [1.54, 1.807) is 0 Å². The summed E-state index contributed by atoms with van der Waals surface area (Å²) < 4.78 is 64.1. The van der Waals surface area contributed by atoms with Gasteiger partial charge in [-0.15, -0.1) is 0 Å². The normalized spacial score (nSPS) is 20.4. The second-order valence-corrected chi connectivity index (χ2v) is 6.08. The first-order valence-electron chi connectivity index (χ1n) is 5.65. The Labute approximate surface area is 109 Å². The Hall–Kier alpha value is -1.12. The fourth-order valence-electron chi connectivity index (χ4n) is 2.22. The highest BCUT2D eigenvalue weighted by Crippen LogP contribution is 2.38. The Morgan fingerprint density at radius 2 is 1.79 bits per heavy atom. The van der Waals surface area contributed by atoms with Gasteiger partial charge in [-0.3, -0.25) is 0 Å². The molecule has 0 aromatic heterocycles. The molecule has 4 nitrogen and oxygen atoms in total. The summed E-state index contributed by atoms with van der Waals surface area (Å²) in [6.07, 6.45) is -0.433. The van der Waals surface area contributed by atoms with E-state index in [4.69, 9.17) is 5.14 Å². The molecule has 2 N–H and O–H groups in total. The fraction of sp³-hybridized carbons (Fsp3) is 0.455. The lowest BCUT2D eigenvalue weighted by atomic mass is 9.86. The quantitative estimate of drug-likeness (QED) is 0.897. The molecule has 1 heterocycles. The maximum absolute atomic E-state index is 14.6. The molecule has 2 rings (SSSR count). The molecular weight excluding hydrogens is 281 g/mol. The van der Waals surface area contributed by atoms with Gasteiger partial charge in [0, 0.05) is 24.7 Å². The van der Waals surface area contributed by atoms with Crippen LogP contribution in [0.4, 0.5) is 13.2 Å². The topological polar surface area (TPSA) is 63.4 Å². The van der Waals surface area contributed by atoms with Gasteiger partial charge in [-0.2, -0.15) is 12.7 Å². The Bertz CT molecular complexity index is 584. The SMILES string of the molecule is NS(=O)(=O)N1CCC(F)(c2ccc(F)cc2F)CC1. The molecule has 8 heteroatoms. The van der Waals surface area contributed by atoms with E-state index in [0.717, 1.165) is 16.4 Å². The van der Waals surface area contributed by atoms with E-state index in [1.807, 2.05) is 0 Å². The monoisotopic (exact) mass is 294 g/mol. The van der Waals surface area contributed by atoms with E-state index in [1.165, 1.54) is 0 Å². The van der Waals surface area contributed by atoms with E-state index in [0.29, 0.717) is 6.07 Å². The first-order chi connectivity index (χ1) is 8.72. The van der Waals surface area contributed by atoms with Crippen LogP contribution in [0.15, 0.2) is 18.2 Å². The molecular formula is C11H13F3N2O2S. The molecule has 1 saturated heterocycles. The summed E-state index contributed by atoms with van der Waals surface area (Å²) in [5, 5.41) is 4.94. The van der Waals surface area contributed by atoms with Gasteiger partial charge in [0.25, 0.3) is 10.2 Å². The Morgan fingerprint density at radius 3 is 2.26 bits per heavy atom. The van der Waals surface area contributed by atoms with Crippen LogP contribution < -0.4 is 5.14 Å². The minimum atomic E-state index is -3.86. The number of halogens is 3. The van der Waals surface area contributed by atoms with Crippen LogP contribution in [0, 0.1) is 11.6 Å². The molecule has 0 atom stereocenters. The summed E-state index contributed by atoms with van der Waals surface area (Å²) in [4.78, 5) is 0. The van der Waals surface area contributed by atoms with Crippen LogP contribution in [-0.4, -0.2) is 25.8 Å². The minimum absolute atomic E-state index is 0.133. The van der Waals surface area contributed by atoms with Crippen molar-refractivity contribution in [2.24, 2.45) is 5.14 Å². The third-order valence-electron chi connectivity index (χ3n) is 3.29. The van der Waals surface area contributed by atoms with Crippen molar-refractivity contribution in [3.05, 3.63) is 35.4 Å². The highest BCUT2D eigenvalue weighted by atomic mass is 32.2. The fourth-order valence-corrected chi connectivity index (χ4v) is 2.91. The second-order valence-electron chi connectivity index (χ2n) is 4.53. The molecule has 19 heavy (non-hydrogen) atoms. The Morgan fingerprint density at radius 1 is 1.21 bits per heavy atom. The van der Waals surface area contributed by atoms with E-state index < -0.39 is 27.5 Å². The van der Waals surface area contributed by atoms with Crippen molar-refractivity contribution in [2.45, 2.75) is 18.5 Å². The lowest BCUT2D eigenvalue weighted by Crippen LogP contribution is -2.46. The number of nitrogens with zero attached hydrogens (tertiary/aromatic N) is 1. The molecule has 0 amide bonds. The summed E-state index contributed by atoms with van der Waals surface area (Å²) in [6, 6.07) is 2.64. The van der Waals surface area contributed by atoms with E-state index in [9.17, 15) is 21.6 Å². The average molecular weight is 294 g/mol. The van der Waals surface area contributed by atoms with Gasteiger partial charge in [0.1, 0.15) is 17.3 Å². The highest BCUT2D eigenvalue weighted by molar-refractivity contribution is 7.86. The second kappa shape index (κ2) is 4.77. The molecule has 1 fully saturated rings. The zero-order chi connectivity index (χ0) is 14.3. The third-order valence-corrected chi connectivity index (χ3v) is 4.37. The molecule has 0 spiro atoms. The van der Waals surface area contributed by atoms with Gasteiger partial charge in [-0.05, 0) is 25.0 Å². The molecule has 1 aliphatic rings. The van der Waals surface area contributed by atoms with Crippen LogP contribution in [0.25, 0.3) is 0 Å². The zero-order valence-electron chi connectivity index (χ0n) is 9.94. The van der Waals surface area contributed by atoms with Gasteiger partial charge in [0.15, 0.2) is 0 Å². The van der Waals surface area contributed by atoms with E-state index >= 15 is 0 Å². The van der Waals surface area contributed by atoms with Crippen LogP contribution in [-0.2, 0) is 15.9 Å². The van der Waals surface area contributed by atoms with Crippen LogP contribution in [0.5, 0.6) is 0 Å². The first kappa shape index (κ1) is 14.3. The van der Waals surface area contributed by atoms with Crippen LogP contribution in [0.2, 0.25) is 0 Å². The summed E-state index contributed by atoms with van der Waals surface area (Å²) in [5.41, 5.74) is -2.25. The van der Waals surface area contributed by atoms with Crippen LogP contribution in [0.3, 0.4) is 0 Å². The maximum atomic E-state index is 14.6. The van der Waals surface area contributed by atoms with Gasteiger partial charge >= 0.3 is 0 Å². The van der Waals surface area contributed by atoms with E-state index in [-0.39, 0.29) is 31.5 Å². The van der Waals surface area contributed by atoms with Crippen molar-refractivity contribution in [1.82, 2.24) is 4.31 Å². The minimum Gasteiger partial charge on any atom is -0.238 e. The van der Waals surface area contributed by atoms with Crippen LogP contribution in [0.1, 0.15) is 18.4 Å². The Kier molecular flexibility index (Phi) is 3.59. The van der Waals surface area contributed by atoms with Crippen molar-refractivity contribution in [2.75, 3.05) is 13.1 Å². The predicted molar refractivity (Wildman–Crippen MR) is 63.1 cm³/mol. The lowest BCUT2D eigenvalue weighted by molar-refractivity contribution is 0.0829. The van der Waals surface area contributed by atoms with Crippen molar-refractivity contribution in [3.63, 3.8) is 0 Å². The lowest BCUT2D eigenvalue weighted by Gasteiger charge is -2.35. The molecule has 1 aliphatic heterocycles. The largest absolute Gasteiger partial charge is 0.276 e. The van der Waals surface area contributed by atoms with Crippen LogP contribution >= 0.6 is 0 Å². The van der Waals surface area contributed by atoms with Gasteiger partial charge in [0.05, 0.1) is 0 Å². The summed E-state index contributed by atoms with van der Waals surface area (Å²) >= 11 is 0. The number of alkyl halides is 1. The molecule has 0 radical (unpaired) electrons. The van der Waals surface area contributed by atoms with Crippen molar-refractivity contribution >= 4 is 10.2 Å². The number of hydrogen-bond acceptors (Lipinski definition) is 2. The van der Waals surface area contributed by atoms with Gasteiger partial charge in [-0.25, -0.2) is 18.3 Å². The number of benzene rings is 1. The molecule has 1 aromatic carbocycles. The van der Waals surface area contributed by atoms with E-state index in [2.05, 4.69) is 0 Å². The standard InChI is InChI=1S/C11H13F3N2O2S/c12-8-1-2-9(10(13)7-8)11(14)3-5-16(6-4-11)19(15,17)18/h1-2,7H,3-6H2,(H2,15,17,18). The summed E-state index contributed by atoms with van der Waals surface area (Å²) in [6.45, 7) is -0.266. The number of hydrogen-bond donors (Lipinski definition) is 1. The van der Waals surface area contributed by atoms with Gasteiger partial charge in [0.2, 0.25) is 0 Å². The number of rotatable bonds is 2. The highest BCUT2D eigenvalue weighted by Gasteiger charge is 2.40. The summed E-state index contributed by atoms with van der Waals surface area (Å²) in [7, 11) is -3.86. The summed E-state index contributed by atoms with van der Waals surface area (Å²) in [5.74, 6) is -1.75. The maximum Gasteiger partial charge on any atom is 0.276 e. The molecule has 0 aliphatic carbocycles. The molecule has 0 unspecified atom stereocenters. The Balaban J connectivity index is 2.22. The molecule has 0 bridgehead atoms. The molecule has 106 valence electrons. The number of piperidine rings is 1. The first-order valence-corrected chi connectivity index (χ1v) is 7.15. The smallest absolute Gasteiger partial charge is 0.238 e. The average Bonchev–Trinajstić information content (AvgIpc) is 2.27. The predicted octanol–water partition coefficient (Wildman–Crippen LogP) is 1.43. The molecule has 1 aromatic rings. The third kappa shape index (κ3) is 2.90.